The molecule has 3 rings (SSSR count). The van der Waals surface area contributed by atoms with Crippen LogP contribution >= 0.6 is 27.5 Å². The van der Waals surface area contributed by atoms with Gasteiger partial charge in [0.05, 0.1) is 11.8 Å². The average molecular weight is 464 g/mol. The highest BCUT2D eigenvalue weighted by molar-refractivity contribution is 9.10. The minimum Gasteiger partial charge on any atom is -0.490 e. The molecule has 28 heavy (non-hydrogen) atoms. The first kappa shape index (κ1) is 20.1. The van der Waals surface area contributed by atoms with Crippen LogP contribution in [0.15, 0.2) is 52.5 Å². The predicted octanol–water partition coefficient (Wildman–Crippen LogP) is 4.56. The van der Waals surface area contributed by atoms with Crippen molar-refractivity contribution in [3.63, 3.8) is 0 Å². The zero-order chi connectivity index (χ0) is 20.4. The number of nitrogens with zero attached hydrogens (tertiary/aromatic N) is 1. The average Bonchev–Trinajstić information content (AvgIpc) is 2.60. The topological polar surface area (TPSA) is 75.7 Å². The Hall–Kier alpha value is -2.64. The van der Waals surface area contributed by atoms with Crippen LogP contribution in [0.2, 0.25) is 5.02 Å². The first-order valence-corrected chi connectivity index (χ1v) is 9.56. The lowest BCUT2D eigenvalue weighted by Crippen LogP contribution is -2.54. The largest absolute Gasteiger partial charge is 0.490 e. The molecule has 2 aromatic carbocycles. The lowest BCUT2D eigenvalue weighted by atomic mass is 10.1. The standard InChI is InChI=1S/C20H16BrClN2O4/c1-11(2)28-17-7-6-13(21)8-12(17)9-16-18(25)23-20(27)24(19(16)26)15-5-3-4-14(22)10-15/h3-11H,1-2H3,(H,23,25,27)/b16-9+. The number of carbonyl (C=O) groups excluding carboxylic acids is 3. The van der Waals surface area contributed by atoms with Crippen LogP contribution < -0.4 is 15.0 Å². The van der Waals surface area contributed by atoms with Crippen molar-refractivity contribution in [2.75, 3.05) is 4.90 Å². The molecule has 1 saturated heterocycles. The van der Waals surface area contributed by atoms with Crippen LogP contribution in [0.3, 0.4) is 0 Å². The molecule has 8 heteroatoms. The summed E-state index contributed by atoms with van der Waals surface area (Å²) >= 11 is 9.34. The number of halogens is 2. The van der Waals surface area contributed by atoms with E-state index in [1.807, 2.05) is 13.8 Å². The number of barbiturate groups is 1. The van der Waals surface area contributed by atoms with Crippen molar-refractivity contribution in [3.8, 4) is 5.75 Å². The summed E-state index contributed by atoms with van der Waals surface area (Å²) in [6, 6.07) is 10.7. The van der Waals surface area contributed by atoms with Crippen LogP contribution in [0.25, 0.3) is 6.08 Å². The molecule has 0 saturated carbocycles. The van der Waals surface area contributed by atoms with Crippen molar-refractivity contribution in [1.29, 1.82) is 0 Å². The summed E-state index contributed by atoms with van der Waals surface area (Å²) < 4.78 is 6.51. The number of benzene rings is 2. The smallest absolute Gasteiger partial charge is 0.335 e. The Kier molecular flexibility index (Phi) is 5.86. The van der Waals surface area contributed by atoms with E-state index in [0.717, 1.165) is 9.37 Å². The molecule has 0 bridgehead atoms. The van der Waals surface area contributed by atoms with Gasteiger partial charge < -0.3 is 4.74 Å². The van der Waals surface area contributed by atoms with Gasteiger partial charge in [0.2, 0.25) is 0 Å². The molecule has 0 aromatic heterocycles. The van der Waals surface area contributed by atoms with Crippen LogP contribution in [0.5, 0.6) is 5.75 Å². The maximum Gasteiger partial charge on any atom is 0.335 e. The molecule has 0 atom stereocenters. The third kappa shape index (κ3) is 4.26. The quantitative estimate of drug-likeness (QED) is 0.533. The number of amides is 4. The normalized spacial score (nSPS) is 16.0. The van der Waals surface area contributed by atoms with E-state index in [-0.39, 0.29) is 17.4 Å². The van der Waals surface area contributed by atoms with Gasteiger partial charge >= 0.3 is 6.03 Å². The fraction of sp³-hybridized carbons (Fsp3) is 0.150. The van der Waals surface area contributed by atoms with Crippen LogP contribution in [0, 0.1) is 0 Å². The van der Waals surface area contributed by atoms with Gasteiger partial charge in [0, 0.05) is 15.1 Å². The monoisotopic (exact) mass is 462 g/mol. The molecule has 1 aliphatic heterocycles. The zero-order valence-electron chi connectivity index (χ0n) is 15.0. The van der Waals surface area contributed by atoms with Gasteiger partial charge in [0.1, 0.15) is 11.3 Å². The highest BCUT2D eigenvalue weighted by Gasteiger charge is 2.37. The summed E-state index contributed by atoms with van der Waals surface area (Å²) in [6.07, 6.45) is 1.31. The number of carbonyl (C=O) groups is 3. The molecule has 0 spiro atoms. The van der Waals surface area contributed by atoms with E-state index in [2.05, 4.69) is 21.2 Å². The van der Waals surface area contributed by atoms with Crippen molar-refractivity contribution >= 4 is 57.1 Å². The third-order valence-electron chi connectivity index (χ3n) is 3.80. The summed E-state index contributed by atoms with van der Waals surface area (Å²) in [5.74, 6) is -1.01. The summed E-state index contributed by atoms with van der Waals surface area (Å²) in [4.78, 5) is 38.5. The number of hydrogen-bond donors (Lipinski definition) is 1. The fourth-order valence-corrected chi connectivity index (χ4v) is 3.22. The molecule has 1 aliphatic rings. The Balaban J connectivity index is 2.06. The Bertz CT molecular complexity index is 1000. The second-order valence-electron chi connectivity index (χ2n) is 6.29. The number of anilines is 1. The van der Waals surface area contributed by atoms with Gasteiger partial charge in [0.15, 0.2) is 0 Å². The number of ether oxygens (including phenoxy) is 1. The Morgan fingerprint density at radius 2 is 1.89 bits per heavy atom. The molecule has 0 aliphatic carbocycles. The molecule has 1 N–H and O–H groups in total. The zero-order valence-corrected chi connectivity index (χ0v) is 17.4. The van der Waals surface area contributed by atoms with Crippen molar-refractivity contribution in [1.82, 2.24) is 5.32 Å². The van der Waals surface area contributed by atoms with Gasteiger partial charge in [0.25, 0.3) is 11.8 Å². The van der Waals surface area contributed by atoms with E-state index in [1.54, 1.807) is 36.4 Å². The molecule has 0 unspecified atom stereocenters. The molecule has 0 radical (unpaired) electrons. The van der Waals surface area contributed by atoms with Crippen LogP contribution in [0.1, 0.15) is 19.4 Å². The number of imide groups is 2. The first-order valence-electron chi connectivity index (χ1n) is 8.39. The van der Waals surface area contributed by atoms with Gasteiger partial charge in [-0.3, -0.25) is 14.9 Å². The van der Waals surface area contributed by atoms with Gasteiger partial charge in [-0.25, -0.2) is 9.69 Å². The third-order valence-corrected chi connectivity index (χ3v) is 4.53. The van der Waals surface area contributed by atoms with Crippen LogP contribution in [-0.2, 0) is 9.59 Å². The molecular weight excluding hydrogens is 448 g/mol. The van der Waals surface area contributed by atoms with E-state index >= 15 is 0 Å². The second-order valence-corrected chi connectivity index (χ2v) is 7.64. The Morgan fingerprint density at radius 1 is 1.14 bits per heavy atom. The predicted molar refractivity (Wildman–Crippen MR) is 110 cm³/mol. The highest BCUT2D eigenvalue weighted by atomic mass is 79.9. The van der Waals surface area contributed by atoms with Crippen LogP contribution in [-0.4, -0.2) is 23.9 Å². The Morgan fingerprint density at radius 3 is 2.57 bits per heavy atom. The van der Waals surface area contributed by atoms with E-state index in [4.69, 9.17) is 16.3 Å². The van der Waals surface area contributed by atoms with E-state index in [9.17, 15) is 14.4 Å². The van der Waals surface area contributed by atoms with Gasteiger partial charge in [-0.15, -0.1) is 0 Å². The maximum absolute atomic E-state index is 13.0. The second kappa shape index (κ2) is 8.16. The summed E-state index contributed by atoms with van der Waals surface area (Å²) in [5, 5.41) is 2.55. The number of nitrogens with one attached hydrogen (secondary N) is 1. The number of hydrogen-bond acceptors (Lipinski definition) is 4. The fourth-order valence-electron chi connectivity index (χ4n) is 2.66. The molecule has 1 heterocycles. The summed E-state index contributed by atoms with van der Waals surface area (Å²) in [5.41, 5.74) is 0.606. The summed E-state index contributed by atoms with van der Waals surface area (Å²) in [6.45, 7) is 3.74. The van der Waals surface area contributed by atoms with E-state index < -0.39 is 17.8 Å². The molecule has 144 valence electrons. The molecular formula is C20H16BrClN2O4. The van der Waals surface area contributed by atoms with Crippen LogP contribution in [0.4, 0.5) is 10.5 Å². The van der Waals surface area contributed by atoms with E-state index in [0.29, 0.717) is 16.3 Å². The van der Waals surface area contributed by atoms with Gasteiger partial charge in [-0.05, 0) is 56.3 Å². The maximum atomic E-state index is 13.0. The minimum atomic E-state index is -0.831. The number of urea groups is 1. The molecule has 1 fully saturated rings. The highest BCUT2D eigenvalue weighted by Crippen LogP contribution is 2.29. The molecule has 4 amide bonds. The van der Waals surface area contributed by atoms with Crippen molar-refractivity contribution in [2.24, 2.45) is 0 Å². The number of rotatable bonds is 4. The first-order chi connectivity index (χ1) is 13.3. The lowest BCUT2D eigenvalue weighted by Gasteiger charge is -2.26. The SMILES string of the molecule is CC(C)Oc1ccc(Br)cc1/C=C1\C(=O)NC(=O)N(c2cccc(Cl)c2)C1=O. The van der Waals surface area contributed by atoms with Gasteiger partial charge in [-0.1, -0.05) is 33.6 Å². The van der Waals surface area contributed by atoms with E-state index in [1.165, 1.54) is 12.1 Å². The Labute approximate surface area is 175 Å². The minimum absolute atomic E-state index is 0.0984. The van der Waals surface area contributed by atoms with Gasteiger partial charge in [-0.2, -0.15) is 0 Å². The lowest BCUT2D eigenvalue weighted by molar-refractivity contribution is -0.122. The summed E-state index contributed by atoms with van der Waals surface area (Å²) in [7, 11) is 0. The van der Waals surface area contributed by atoms with Crippen molar-refractivity contribution in [2.45, 2.75) is 20.0 Å². The molecule has 2 aromatic rings. The van der Waals surface area contributed by atoms with Crippen molar-refractivity contribution in [3.05, 3.63) is 63.1 Å². The van der Waals surface area contributed by atoms with Crippen molar-refractivity contribution < 1.29 is 19.1 Å². The molecule has 6 nitrogen and oxygen atoms in total.